The second kappa shape index (κ2) is 6.54. The van der Waals surface area contributed by atoms with Gasteiger partial charge in [-0.15, -0.1) is 0 Å². The zero-order valence-electron chi connectivity index (χ0n) is 13.1. The van der Waals surface area contributed by atoms with Crippen LogP contribution in [0.2, 0.25) is 0 Å². The Morgan fingerprint density at radius 3 is 2.71 bits per heavy atom. The van der Waals surface area contributed by atoms with Gasteiger partial charge in [0.2, 0.25) is 0 Å². The van der Waals surface area contributed by atoms with Crippen molar-refractivity contribution >= 4 is 11.2 Å². The van der Waals surface area contributed by atoms with E-state index >= 15 is 0 Å². The van der Waals surface area contributed by atoms with Crippen molar-refractivity contribution in [1.29, 1.82) is 0 Å². The number of aromatic nitrogens is 3. The van der Waals surface area contributed by atoms with E-state index in [1.54, 1.807) is 0 Å². The number of likely N-dealkylation sites (N-methyl/N-ethyl adjacent to an activating group) is 1. The van der Waals surface area contributed by atoms with E-state index in [2.05, 4.69) is 39.4 Å². The van der Waals surface area contributed by atoms with Crippen molar-refractivity contribution in [2.24, 2.45) is 0 Å². The molecule has 2 aromatic heterocycles. The molecule has 1 fully saturated rings. The Bertz CT molecular complexity index is 583. The van der Waals surface area contributed by atoms with Gasteiger partial charge >= 0.3 is 0 Å². The van der Waals surface area contributed by atoms with Crippen LogP contribution in [0.3, 0.4) is 0 Å². The molecule has 0 spiro atoms. The molecule has 0 aliphatic carbocycles. The molecule has 114 valence electrons. The number of rotatable bonds is 5. The first-order valence-electron chi connectivity index (χ1n) is 7.99. The molecule has 0 unspecified atom stereocenters. The van der Waals surface area contributed by atoms with Gasteiger partial charge in [-0.2, -0.15) is 0 Å². The smallest absolute Gasteiger partial charge is 0.160 e. The van der Waals surface area contributed by atoms with Crippen LogP contribution in [0, 0.1) is 0 Å². The average Bonchev–Trinajstić information content (AvgIpc) is 2.85. The Morgan fingerprint density at radius 1 is 1.14 bits per heavy atom. The van der Waals surface area contributed by atoms with Gasteiger partial charge in [0.05, 0.1) is 0 Å². The third-order valence-corrected chi connectivity index (χ3v) is 4.29. The molecule has 5 nitrogen and oxygen atoms in total. The Hall–Kier alpha value is -1.46. The molecule has 2 aromatic rings. The molecule has 3 rings (SSSR count). The van der Waals surface area contributed by atoms with Crippen LogP contribution in [-0.2, 0) is 13.0 Å². The summed E-state index contributed by atoms with van der Waals surface area (Å²) in [6.45, 7) is 8.96. The third-order valence-electron chi connectivity index (χ3n) is 4.29. The summed E-state index contributed by atoms with van der Waals surface area (Å²) in [7, 11) is 2.20. The van der Waals surface area contributed by atoms with Crippen molar-refractivity contribution in [2.45, 2.75) is 26.3 Å². The van der Waals surface area contributed by atoms with Crippen LogP contribution in [0.5, 0.6) is 0 Å². The van der Waals surface area contributed by atoms with Crippen molar-refractivity contribution in [3.05, 3.63) is 24.2 Å². The van der Waals surface area contributed by atoms with E-state index in [0.29, 0.717) is 0 Å². The first-order valence-corrected chi connectivity index (χ1v) is 7.99. The molecule has 0 amide bonds. The predicted octanol–water partition coefficient (Wildman–Crippen LogP) is 1.63. The molecular weight excluding hydrogens is 262 g/mol. The summed E-state index contributed by atoms with van der Waals surface area (Å²) in [5, 5.41) is 0. The Balaban J connectivity index is 1.74. The van der Waals surface area contributed by atoms with Gasteiger partial charge in [0, 0.05) is 51.9 Å². The number of piperazine rings is 1. The Morgan fingerprint density at radius 2 is 1.95 bits per heavy atom. The standard InChI is InChI=1S/C16H25N5/c1-3-5-15-18-14-6-4-7-17-16(14)21(15)13-12-20-10-8-19(2)9-11-20/h4,6-7H,3,5,8-13H2,1-2H3. The summed E-state index contributed by atoms with van der Waals surface area (Å²) in [6, 6.07) is 4.03. The van der Waals surface area contributed by atoms with Crippen LogP contribution in [0.4, 0.5) is 0 Å². The molecule has 0 atom stereocenters. The van der Waals surface area contributed by atoms with Crippen molar-refractivity contribution in [1.82, 2.24) is 24.3 Å². The van der Waals surface area contributed by atoms with Crippen LogP contribution in [-0.4, -0.2) is 64.1 Å². The van der Waals surface area contributed by atoms with E-state index in [0.717, 1.165) is 37.1 Å². The van der Waals surface area contributed by atoms with Crippen molar-refractivity contribution in [3.8, 4) is 0 Å². The maximum atomic E-state index is 4.75. The SMILES string of the molecule is CCCc1nc2cccnc2n1CCN1CCN(C)CC1. The normalized spacial score (nSPS) is 17.6. The molecule has 3 heterocycles. The van der Waals surface area contributed by atoms with Gasteiger partial charge in [0.15, 0.2) is 5.65 Å². The summed E-state index contributed by atoms with van der Waals surface area (Å²) >= 11 is 0. The highest BCUT2D eigenvalue weighted by Gasteiger charge is 2.15. The van der Waals surface area contributed by atoms with Crippen molar-refractivity contribution in [2.75, 3.05) is 39.8 Å². The van der Waals surface area contributed by atoms with E-state index in [-0.39, 0.29) is 0 Å². The van der Waals surface area contributed by atoms with E-state index in [1.165, 1.54) is 32.0 Å². The van der Waals surface area contributed by atoms with Gasteiger partial charge in [-0.1, -0.05) is 6.92 Å². The van der Waals surface area contributed by atoms with Gasteiger partial charge in [0.1, 0.15) is 11.3 Å². The van der Waals surface area contributed by atoms with Gasteiger partial charge in [-0.25, -0.2) is 9.97 Å². The Labute approximate surface area is 126 Å². The first kappa shape index (κ1) is 14.5. The fraction of sp³-hybridized carbons (Fsp3) is 0.625. The van der Waals surface area contributed by atoms with Crippen LogP contribution in [0.25, 0.3) is 11.2 Å². The largest absolute Gasteiger partial charge is 0.311 e. The van der Waals surface area contributed by atoms with Gasteiger partial charge in [0.25, 0.3) is 0 Å². The fourth-order valence-corrected chi connectivity index (χ4v) is 2.97. The zero-order chi connectivity index (χ0) is 14.7. The number of aryl methyl sites for hydroxylation is 1. The van der Waals surface area contributed by atoms with Crippen LogP contribution in [0.15, 0.2) is 18.3 Å². The molecule has 21 heavy (non-hydrogen) atoms. The van der Waals surface area contributed by atoms with E-state index < -0.39 is 0 Å². The number of hydrogen-bond acceptors (Lipinski definition) is 4. The van der Waals surface area contributed by atoms with Gasteiger partial charge in [-0.3, -0.25) is 4.90 Å². The summed E-state index contributed by atoms with van der Waals surface area (Å²) in [6.07, 6.45) is 4.02. The van der Waals surface area contributed by atoms with Crippen molar-refractivity contribution < 1.29 is 0 Å². The predicted molar refractivity (Wildman–Crippen MR) is 85.5 cm³/mol. The highest BCUT2D eigenvalue weighted by Crippen LogP contribution is 2.15. The monoisotopic (exact) mass is 287 g/mol. The fourth-order valence-electron chi connectivity index (χ4n) is 2.97. The summed E-state index contributed by atoms with van der Waals surface area (Å²) in [5.41, 5.74) is 2.06. The average molecular weight is 287 g/mol. The summed E-state index contributed by atoms with van der Waals surface area (Å²) < 4.78 is 2.32. The van der Waals surface area contributed by atoms with Crippen molar-refractivity contribution in [3.63, 3.8) is 0 Å². The molecule has 1 saturated heterocycles. The maximum absolute atomic E-state index is 4.75. The highest BCUT2D eigenvalue weighted by molar-refractivity contribution is 5.71. The molecular formula is C16H25N5. The minimum Gasteiger partial charge on any atom is -0.311 e. The lowest BCUT2D eigenvalue weighted by molar-refractivity contribution is 0.150. The second-order valence-corrected chi connectivity index (χ2v) is 5.92. The minimum absolute atomic E-state index is 0.993. The zero-order valence-corrected chi connectivity index (χ0v) is 13.1. The first-order chi connectivity index (χ1) is 10.3. The summed E-state index contributed by atoms with van der Waals surface area (Å²) in [5.74, 6) is 1.18. The Kier molecular flexibility index (Phi) is 4.51. The third kappa shape index (κ3) is 3.24. The number of fused-ring (bicyclic) bond motifs is 1. The molecule has 1 aliphatic heterocycles. The maximum Gasteiger partial charge on any atom is 0.160 e. The molecule has 0 N–H and O–H groups in total. The number of nitrogens with zero attached hydrogens (tertiary/aromatic N) is 5. The quantitative estimate of drug-likeness (QED) is 0.837. The number of pyridine rings is 1. The van der Waals surface area contributed by atoms with Crippen LogP contribution >= 0.6 is 0 Å². The lowest BCUT2D eigenvalue weighted by Crippen LogP contribution is -2.45. The number of hydrogen-bond donors (Lipinski definition) is 0. The minimum atomic E-state index is 0.993. The van der Waals surface area contributed by atoms with Gasteiger partial charge in [-0.05, 0) is 25.6 Å². The lowest BCUT2D eigenvalue weighted by atomic mass is 10.3. The molecule has 0 saturated carbocycles. The molecule has 0 aromatic carbocycles. The second-order valence-electron chi connectivity index (χ2n) is 5.92. The molecule has 0 radical (unpaired) electrons. The van der Waals surface area contributed by atoms with E-state index in [1.807, 2.05) is 12.3 Å². The van der Waals surface area contributed by atoms with Crippen LogP contribution in [0.1, 0.15) is 19.2 Å². The topological polar surface area (TPSA) is 37.2 Å². The van der Waals surface area contributed by atoms with Gasteiger partial charge < -0.3 is 9.47 Å². The highest BCUT2D eigenvalue weighted by atomic mass is 15.3. The van der Waals surface area contributed by atoms with E-state index in [9.17, 15) is 0 Å². The molecule has 0 bridgehead atoms. The van der Waals surface area contributed by atoms with Crippen LogP contribution < -0.4 is 0 Å². The molecule has 1 aliphatic rings. The molecule has 5 heteroatoms. The summed E-state index contributed by atoms with van der Waals surface area (Å²) in [4.78, 5) is 14.2. The van der Waals surface area contributed by atoms with E-state index in [4.69, 9.17) is 4.98 Å². The number of imidazole rings is 1. The lowest BCUT2D eigenvalue weighted by Gasteiger charge is -2.32.